The van der Waals surface area contributed by atoms with Crippen LogP contribution in [0.2, 0.25) is 0 Å². The summed E-state index contributed by atoms with van der Waals surface area (Å²) in [5.41, 5.74) is 1.76. The van der Waals surface area contributed by atoms with E-state index in [1.54, 1.807) is 24.3 Å². The molecule has 0 fully saturated rings. The first-order valence-electron chi connectivity index (χ1n) is 7.86. The van der Waals surface area contributed by atoms with Gasteiger partial charge in [0, 0.05) is 19.8 Å². The summed E-state index contributed by atoms with van der Waals surface area (Å²) in [6, 6.07) is 15.4. The fourth-order valence-corrected chi connectivity index (χ4v) is 4.94. The first-order chi connectivity index (χ1) is 12.1. The summed E-state index contributed by atoms with van der Waals surface area (Å²) in [4.78, 5) is 14.5. The molecule has 132 valence electrons. The number of aliphatic hydroxyl groups is 1. The summed E-state index contributed by atoms with van der Waals surface area (Å²) in [5, 5.41) is 10.0. The number of aliphatic hydroxyl groups excluding tert-OH is 1. The van der Waals surface area contributed by atoms with Crippen LogP contribution in [0.4, 0.5) is 0 Å². The number of carbonyl (C=O) groups excluding carboxylic acids is 1. The predicted octanol–water partition coefficient (Wildman–Crippen LogP) is 3.36. The molecule has 3 rings (SSSR count). The zero-order chi connectivity index (χ0) is 18.0. The highest BCUT2D eigenvalue weighted by atomic mass is 31.2. The molecule has 0 bridgehead atoms. The monoisotopic (exact) mass is 361 g/mol. The van der Waals surface area contributed by atoms with Crippen LogP contribution in [0, 0.1) is 0 Å². The molecule has 1 heterocycles. The molecule has 6 nitrogen and oxygen atoms in total. The zero-order valence-electron chi connectivity index (χ0n) is 14.0. The number of benzene rings is 2. The number of nitrogens with zero attached hydrogens (tertiary/aromatic N) is 1. The molecular formula is C18H20NO5P. The van der Waals surface area contributed by atoms with Crippen LogP contribution in [0.3, 0.4) is 0 Å². The van der Waals surface area contributed by atoms with E-state index in [1.165, 1.54) is 19.1 Å². The first-order valence-corrected chi connectivity index (χ1v) is 9.47. The van der Waals surface area contributed by atoms with Crippen molar-refractivity contribution in [2.75, 3.05) is 20.8 Å². The average Bonchev–Trinajstić information content (AvgIpc) is 2.96. The smallest absolute Gasteiger partial charge is 0.357 e. The van der Waals surface area contributed by atoms with Gasteiger partial charge in [-0.1, -0.05) is 48.5 Å². The number of hydrogen-bond donors (Lipinski definition) is 1. The van der Waals surface area contributed by atoms with E-state index < -0.39 is 19.4 Å². The summed E-state index contributed by atoms with van der Waals surface area (Å²) < 4.78 is 23.6. The lowest BCUT2D eigenvalue weighted by atomic mass is 10.1. The van der Waals surface area contributed by atoms with Gasteiger partial charge < -0.3 is 19.1 Å². The molecule has 1 aliphatic heterocycles. The van der Waals surface area contributed by atoms with Crippen molar-refractivity contribution in [2.45, 2.75) is 11.8 Å². The van der Waals surface area contributed by atoms with Crippen molar-refractivity contribution in [3.05, 3.63) is 71.3 Å². The zero-order valence-corrected chi connectivity index (χ0v) is 14.9. The maximum absolute atomic E-state index is 13.2. The normalized spacial score (nSPS) is 18.3. The molecule has 0 saturated carbocycles. The second-order valence-electron chi connectivity index (χ2n) is 5.69. The minimum Gasteiger partial charge on any atom is -0.394 e. The van der Waals surface area contributed by atoms with E-state index in [-0.39, 0.29) is 12.5 Å². The van der Waals surface area contributed by atoms with Crippen LogP contribution >= 0.6 is 7.60 Å². The highest BCUT2D eigenvalue weighted by Crippen LogP contribution is 2.65. The molecule has 0 aromatic heterocycles. The maximum Gasteiger partial charge on any atom is 0.357 e. The molecule has 0 saturated heterocycles. The Balaban J connectivity index is 2.17. The molecule has 0 radical (unpaired) electrons. The lowest BCUT2D eigenvalue weighted by Gasteiger charge is -2.35. The summed E-state index contributed by atoms with van der Waals surface area (Å²) in [5.74, 6) is -1.22. The van der Waals surface area contributed by atoms with E-state index in [0.29, 0.717) is 11.1 Å². The molecule has 1 aliphatic rings. The molecule has 2 atom stereocenters. The Hall–Kier alpha value is -1.98. The van der Waals surface area contributed by atoms with Gasteiger partial charge in [0.05, 0.1) is 12.6 Å². The van der Waals surface area contributed by atoms with Gasteiger partial charge in [0.15, 0.2) is 5.78 Å². The summed E-state index contributed by atoms with van der Waals surface area (Å²) in [6.07, 6.45) is 0. The summed E-state index contributed by atoms with van der Waals surface area (Å²) in [6.45, 7) is -0.312. The van der Waals surface area contributed by atoms with Gasteiger partial charge in [-0.25, -0.2) is 0 Å². The largest absolute Gasteiger partial charge is 0.394 e. The Morgan fingerprint density at radius 2 is 1.68 bits per heavy atom. The van der Waals surface area contributed by atoms with Crippen molar-refractivity contribution in [2.24, 2.45) is 0 Å². The van der Waals surface area contributed by atoms with Gasteiger partial charge in [0.25, 0.3) is 5.91 Å². The van der Waals surface area contributed by atoms with Crippen LogP contribution in [0.5, 0.6) is 0 Å². The Bertz CT molecular complexity index is 802. The minimum atomic E-state index is -3.65. The Morgan fingerprint density at radius 3 is 2.28 bits per heavy atom. The second-order valence-corrected chi connectivity index (χ2v) is 7.99. The standard InChI is InChI=1S/C18H20NO5P/c1-23-25(22,24-2)18-15-11-7-6-10-14(15)17(21)19(18)16(12-20)13-8-4-3-5-9-13/h3-11,16,18,20H,12H2,1-2H3/t16-,18-/m1/s1. The number of carbonyl (C=O) groups is 1. The Morgan fingerprint density at radius 1 is 1.08 bits per heavy atom. The van der Waals surface area contributed by atoms with Crippen molar-refractivity contribution in [3.63, 3.8) is 0 Å². The summed E-state index contributed by atoms with van der Waals surface area (Å²) in [7, 11) is -1.06. The Kier molecular flexibility index (Phi) is 5.06. The molecular weight excluding hydrogens is 341 g/mol. The predicted molar refractivity (Wildman–Crippen MR) is 93.2 cm³/mol. The molecule has 0 aliphatic carbocycles. The molecule has 25 heavy (non-hydrogen) atoms. The van der Waals surface area contributed by atoms with E-state index in [4.69, 9.17) is 9.05 Å². The maximum atomic E-state index is 13.2. The van der Waals surface area contributed by atoms with Gasteiger partial charge in [-0.05, 0) is 17.2 Å². The minimum absolute atomic E-state index is 0.308. The summed E-state index contributed by atoms with van der Waals surface area (Å²) >= 11 is 0. The molecule has 2 aromatic carbocycles. The molecule has 1 amide bonds. The number of fused-ring (bicyclic) bond motifs is 1. The average molecular weight is 361 g/mol. The van der Waals surface area contributed by atoms with Gasteiger partial charge in [-0.3, -0.25) is 9.36 Å². The van der Waals surface area contributed by atoms with E-state index in [1.807, 2.05) is 30.3 Å². The highest BCUT2D eigenvalue weighted by Gasteiger charge is 2.51. The van der Waals surface area contributed by atoms with Gasteiger partial charge in [0.2, 0.25) is 0 Å². The molecule has 7 heteroatoms. The van der Waals surface area contributed by atoms with E-state index >= 15 is 0 Å². The number of amides is 1. The van der Waals surface area contributed by atoms with Gasteiger partial charge in [-0.2, -0.15) is 0 Å². The molecule has 1 N–H and O–H groups in total. The SMILES string of the molecule is COP(=O)(OC)[C@@H]1c2ccccc2C(=O)N1[C@H](CO)c1ccccc1. The highest BCUT2D eigenvalue weighted by molar-refractivity contribution is 7.54. The van der Waals surface area contributed by atoms with Crippen molar-refractivity contribution in [3.8, 4) is 0 Å². The number of hydrogen-bond acceptors (Lipinski definition) is 5. The van der Waals surface area contributed by atoms with Crippen LogP contribution in [0.15, 0.2) is 54.6 Å². The van der Waals surface area contributed by atoms with Crippen LogP contribution in [-0.4, -0.2) is 36.7 Å². The molecule has 0 unspecified atom stereocenters. The van der Waals surface area contributed by atoms with Crippen molar-refractivity contribution in [1.82, 2.24) is 4.90 Å². The third-order valence-corrected chi connectivity index (χ3v) is 6.61. The lowest BCUT2D eigenvalue weighted by Crippen LogP contribution is -2.35. The van der Waals surface area contributed by atoms with Gasteiger partial charge in [0.1, 0.15) is 0 Å². The topological polar surface area (TPSA) is 76.1 Å². The third-order valence-electron chi connectivity index (χ3n) is 4.47. The lowest BCUT2D eigenvalue weighted by molar-refractivity contribution is 0.0561. The molecule has 0 spiro atoms. The van der Waals surface area contributed by atoms with E-state index in [9.17, 15) is 14.5 Å². The van der Waals surface area contributed by atoms with Crippen molar-refractivity contribution >= 4 is 13.5 Å². The van der Waals surface area contributed by atoms with Crippen LogP contribution in [0.25, 0.3) is 0 Å². The fraction of sp³-hybridized carbons (Fsp3) is 0.278. The third kappa shape index (κ3) is 2.92. The fourth-order valence-electron chi connectivity index (χ4n) is 3.25. The van der Waals surface area contributed by atoms with Crippen molar-refractivity contribution in [1.29, 1.82) is 0 Å². The first kappa shape index (κ1) is 17.8. The van der Waals surface area contributed by atoms with Crippen LogP contribution < -0.4 is 0 Å². The van der Waals surface area contributed by atoms with Gasteiger partial charge in [-0.15, -0.1) is 0 Å². The van der Waals surface area contributed by atoms with Gasteiger partial charge >= 0.3 is 7.60 Å². The van der Waals surface area contributed by atoms with E-state index in [0.717, 1.165) is 5.56 Å². The number of rotatable bonds is 6. The Labute approximate surface area is 146 Å². The quantitative estimate of drug-likeness (QED) is 0.799. The van der Waals surface area contributed by atoms with Crippen molar-refractivity contribution < 1.29 is 23.5 Å². The van der Waals surface area contributed by atoms with Crippen LogP contribution in [-0.2, 0) is 13.6 Å². The second kappa shape index (κ2) is 7.10. The molecule has 2 aromatic rings. The van der Waals surface area contributed by atoms with Crippen LogP contribution in [0.1, 0.15) is 33.3 Å². The van der Waals surface area contributed by atoms with E-state index in [2.05, 4.69) is 0 Å².